The normalized spacial score (nSPS) is 12.9. The first-order chi connectivity index (χ1) is 33.5. The molecule has 6 heteroatoms. The quantitative estimate of drug-likeness (QED) is 0.0262. The minimum absolute atomic E-state index is 0.0960. The summed E-state index contributed by atoms with van der Waals surface area (Å²) in [5.41, 5.74) is 0. The van der Waals surface area contributed by atoms with Gasteiger partial charge >= 0.3 is 17.9 Å². The van der Waals surface area contributed by atoms with Crippen LogP contribution in [0.5, 0.6) is 0 Å². The van der Waals surface area contributed by atoms with Crippen LogP contribution in [-0.2, 0) is 28.6 Å². The monoisotopic (exact) mass is 943 g/mol. The van der Waals surface area contributed by atoms with Gasteiger partial charge in [0.1, 0.15) is 13.2 Å². The molecule has 1 unspecified atom stereocenters. The second-order valence-corrected chi connectivity index (χ2v) is 18.1. The molecule has 0 N–H and O–H groups in total. The van der Waals surface area contributed by atoms with Crippen LogP contribution >= 0.6 is 0 Å². The Morgan fingerprint density at radius 2 is 0.603 bits per heavy atom. The summed E-state index contributed by atoms with van der Waals surface area (Å²) in [7, 11) is 0. The van der Waals surface area contributed by atoms with Gasteiger partial charge in [-0.05, 0) is 116 Å². The largest absolute Gasteiger partial charge is 0.462 e. The van der Waals surface area contributed by atoms with Gasteiger partial charge in [-0.3, -0.25) is 14.4 Å². The summed E-state index contributed by atoms with van der Waals surface area (Å²) in [6.45, 7) is 6.38. The van der Waals surface area contributed by atoms with Crippen LogP contribution < -0.4 is 0 Å². The summed E-state index contributed by atoms with van der Waals surface area (Å²) in [5, 5.41) is 0. The SMILES string of the molecule is CC/C=C\C/C=C\C/C=C\C/C=C\C/C=C\CCCCCCCCCC(=O)OCC(COC(=O)CCCCCCC/C=C\C/C=C\CCC)OC(=O)CCCCCCC/C=C\C/C=C\CCCC. The Morgan fingerprint density at radius 3 is 0.956 bits per heavy atom. The standard InChI is InChI=1S/C62H102O6/c1-4-7-10-13-16-19-22-25-27-28-29-30-31-32-33-34-35-38-40-43-46-49-52-55-61(64)67-58-59(57-66-60(63)54-51-48-45-42-39-36-24-21-18-15-12-9-6-3)68-62(65)56-53-50-47-44-41-37-26-23-20-17-14-11-8-5-2/h7,10,12,14-17,19,21,23-27,29-30,32-33,59H,4-6,8-9,11,13,18,20,22,28,31,34-58H2,1-3H3/b10-7-,15-12-,17-14-,19-16-,24-21-,26-23-,27-25-,30-29-,33-32-. The van der Waals surface area contributed by atoms with Crippen molar-refractivity contribution < 1.29 is 28.6 Å². The van der Waals surface area contributed by atoms with E-state index in [2.05, 4.69) is 130 Å². The zero-order chi connectivity index (χ0) is 49.3. The van der Waals surface area contributed by atoms with Gasteiger partial charge in [0.15, 0.2) is 6.10 Å². The fraction of sp³-hybridized carbons (Fsp3) is 0.661. The van der Waals surface area contributed by atoms with Gasteiger partial charge in [-0.2, -0.15) is 0 Å². The number of hydrogen-bond donors (Lipinski definition) is 0. The number of allylic oxidation sites excluding steroid dienone is 18. The number of hydrogen-bond acceptors (Lipinski definition) is 6. The first kappa shape index (κ1) is 64.1. The lowest BCUT2D eigenvalue weighted by molar-refractivity contribution is -0.167. The molecule has 0 heterocycles. The molecular formula is C62H102O6. The van der Waals surface area contributed by atoms with E-state index in [1.165, 1.54) is 51.4 Å². The number of unbranched alkanes of at least 4 members (excludes halogenated alkanes) is 20. The fourth-order valence-corrected chi connectivity index (χ4v) is 7.29. The number of rotatable bonds is 49. The van der Waals surface area contributed by atoms with Crippen molar-refractivity contribution in [1.29, 1.82) is 0 Å². The highest BCUT2D eigenvalue weighted by molar-refractivity contribution is 5.71. The van der Waals surface area contributed by atoms with Gasteiger partial charge in [-0.1, -0.05) is 220 Å². The average molecular weight is 943 g/mol. The Hall–Kier alpha value is -3.93. The minimum Gasteiger partial charge on any atom is -0.462 e. The maximum atomic E-state index is 12.8. The van der Waals surface area contributed by atoms with Crippen molar-refractivity contribution in [2.24, 2.45) is 0 Å². The molecular weight excluding hydrogens is 841 g/mol. The maximum Gasteiger partial charge on any atom is 0.306 e. The van der Waals surface area contributed by atoms with Crippen LogP contribution in [0.1, 0.15) is 245 Å². The van der Waals surface area contributed by atoms with Crippen molar-refractivity contribution in [2.45, 2.75) is 252 Å². The van der Waals surface area contributed by atoms with Gasteiger partial charge in [0.05, 0.1) is 0 Å². The molecule has 0 amide bonds. The van der Waals surface area contributed by atoms with E-state index in [-0.39, 0.29) is 31.1 Å². The molecule has 0 aliphatic carbocycles. The first-order valence-corrected chi connectivity index (χ1v) is 27.9. The molecule has 0 aromatic carbocycles. The van der Waals surface area contributed by atoms with Crippen molar-refractivity contribution in [3.63, 3.8) is 0 Å². The highest BCUT2D eigenvalue weighted by Crippen LogP contribution is 2.14. The molecule has 0 aliphatic heterocycles. The minimum atomic E-state index is -0.798. The number of carbonyl (C=O) groups excluding carboxylic acids is 3. The molecule has 0 radical (unpaired) electrons. The van der Waals surface area contributed by atoms with E-state index < -0.39 is 6.10 Å². The highest BCUT2D eigenvalue weighted by atomic mass is 16.6. The summed E-state index contributed by atoms with van der Waals surface area (Å²) in [6.07, 6.45) is 75.0. The predicted octanol–water partition coefficient (Wildman–Crippen LogP) is 18.7. The lowest BCUT2D eigenvalue weighted by Crippen LogP contribution is -2.30. The van der Waals surface area contributed by atoms with Gasteiger partial charge in [-0.25, -0.2) is 0 Å². The van der Waals surface area contributed by atoms with Gasteiger partial charge in [0, 0.05) is 19.3 Å². The maximum absolute atomic E-state index is 12.8. The van der Waals surface area contributed by atoms with E-state index in [4.69, 9.17) is 14.2 Å². The second-order valence-electron chi connectivity index (χ2n) is 18.1. The van der Waals surface area contributed by atoms with Crippen molar-refractivity contribution in [3.8, 4) is 0 Å². The molecule has 0 saturated heterocycles. The van der Waals surface area contributed by atoms with Crippen LogP contribution in [-0.4, -0.2) is 37.2 Å². The summed E-state index contributed by atoms with van der Waals surface area (Å²) in [6, 6.07) is 0. The summed E-state index contributed by atoms with van der Waals surface area (Å²) in [4.78, 5) is 38.1. The van der Waals surface area contributed by atoms with Crippen molar-refractivity contribution >= 4 is 17.9 Å². The van der Waals surface area contributed by atoms with E-state index in [1.807, 2.05) is 0 Å². The predicted molar refractivity (Wildman–Crippen MR) is 293 cm³/mol. The van der Waals surface area contributed by atoms with Gasteiger partial charge in [-0.15, -0.1) is 0 Å². The number of esters is 3. The smallest absolute Gasteiger partial charge is 0.306 e. The second kappa shape index (κ2) is 55.7. The summed E-state index contributed by atoms with van der Waals surface area (Å²) < 4.78 is 16.8. The number of carbonyl (C=O) groups is 3. The van der Waals surface area contributed by atoms with Crippen LogP contribution in [0.15, 0.2) is 109 Å². The van der Waals surface area contributed by atoms with Crippen molar-refractivity contribution in [2.75, 3.05) is 13.2 Å². The molecule has 0 saturated carbocycles. The van der Waals surface area contributed by atoms with Crippen LogP contribution in [0.25, 0.3) is 0 Å². The molecule has 1 atom stereocenters. The molecule has 0 aromatic rings. The molecule has 68 heavy (non-hydrogen) atoms. The van der Waals surface area contributed by atoms with E-state index in [1.54, 1.807) is 0 Å². The molecule has 0 aromatic heterocycles. The van der Waals surface area contributed by atoms with Gasteiger partial charge in [0.2, 0.25) is 0 Å². The molecule has 6 nitrogen and oxygen atoms in total. The lowest BCUT2D eigenvalue weighted by atomic mass is 10.1. The van der Waals surface area contributed by atoms with Crippen LogP contribution in [0, 0.1) is 0 Å². The molecule has 0 fully saturated rings. The summed E-state index contributed by atoms with van der Waals surface area (Å²) >= 11 is 0. The fourth-order valence-electron chi connectivity index (χ4n) is 7.29. The Labute approximate surface area is 419 Å². The Bertz CT molecular complexity index is 1410. The highest BCUT2D eigenvalue weighted by Gasteiger charge is 2.19. The average Bonchev–Trinajstić information content (AvgIpc) is 3.34. The summed E-state index contributed by atoms with van der Waals surface area (Å²) in [5.74, 6) is -0.936. The van der Waals surface area contributed by atoms with Gasteiger partial charge in [0.25, 0.3) is 0 Å². The third kappa shape index (κ3) is 53.0. The zero-order valence-electron chi connectivity index (χ0n) is 44.1. The van der Waals surface area contributed by atoms with Crippen molar-refractivity contribution in [3.05, 3.63) is 109 Å². The van der Waals surface area contributed by atoms with Crippen LogP contribution in [0.3, 0.4) is 0 Å². The topological polar surface area (TPSA) is 78.9 Å². The van der Waals surface area contributed by atoms with E-state index in [0.29, 0.717) is 19.3 Å². The van der Waals surface area contributed by atoms with E-state index in [9.17, 15) is 14.4 Å². The van der Waals surface area contributed by atoms with Gasteiger partial charge < -0.3 is 14.2 Å². The first-order valence-electron chi connectivity index (χ1n) is 27.9. The Kier molecular flexibility index (Phi) is 52.4. The third-order valence-electron chi connectivity index (χ3n) is 11.5. The van der Waals surface area contributed by atoms with Crippen LogP contribution in [0.4, 0.5) is 0 Å². The molecule has 0 bridgehead atoms. The third-order valence-corrected chi connectivity index (χ3v) is 11.5. The molecule has 386 valence electrons. The van der Waals surface area contributed by atoms with E-state index >= 15 is 0 Å². The molecule has 0 spiro atoms. The Balaban J connectivity index is 4.39. The Morgan fingerprint density at radius 1 is 0.309 bits per heavy atom. The zero-order valence-corrected chi connectivity index (χ0v) is 44.1. The van der Waals surface area contributed by atoms with Crippen LogP contribution in [0.2, 0.25) is 0 Å². The lowest BCUT2D eigenvalue weighted by Gasteiger charge is -2.18. The number of ether oxygens (including phenoxy) is 3. The molecule has 0 rings (SSSR count). The van der Waals surface area contributed by atoms with Crippen molar-refractivity contribution in [1.82, 2.24) is 0 Å². The van der Waals surface area contributed by atoms with E-state index in [0.717, 1.165) is 154 Å². The molecule has 0 aliphatic rings.